The monoisotopic (exact) mass is 331 g/mol. The molecular weight excluding hydrogens is 310 g/mol. The number of amides is 1. The van der Waals surface area contributed by atoms with Crippen molar-refractivity contribution in [1.29, 1.82) is 0 Å². The summed E-state index contributed by atoms with van der Waals surface area (Å²) in [6.45, 7) is 6.71. The highest BCUT2D eigenvalue weighted by molar-refractivity contribution is 9.09. The number of rotatable bonds is 9. The molecule has 0 radical (unpaired) electrons. The topological polar surface area (TPSA) is 56.1 Å². The Morgan fingerprint density at radius 1 is 1.47 bits per heavy atom. The number of carbonyl (C=O) groups excluding carboxylic acids is 1. The molecule has 1 amide bonds. The minimum Gasteiger partial charge on any atom is -0.381 e. The van der Waals surface area contributed by atoms with Crippen LogP contribution in [0.4, 0.5) is 0 Å². The summed E-state index contributed by atoms with van der Waals surface area (Å²) in [5, 5.41) is 8.10. The summed E-state index contributed by atoms with van der Waals surface area (Å²) in [5.41, 5.74) is 1.59. The van der Waals surface area contributed by atoms with E-state index in [9.17, 15) is 4.79 Å². The van der Waals surface area contributed by atoms with Gasteiger partial charge in [-0.1, -0.05) is 22.9 Å². The van der Waals surface area contributed by atoms with Crippen molar-refractivity contribution in [3.8, 4) is 0 Å². The van der Waals surface area contributed by atoms with Crippen LogP contribution < -0.4 is 5.32 Å². The SMILES string of the molecule is CCc1cc(C(=O)NCCCOCCBr)n(CC)n1. The summed E-state index contributed by atoms with van der Waals surface area (Å²) in [6, 6.07) is 1.86. The molecule has 0 saturated heterocycles. The van der Waals surface area contributed by atoms with Crippen LogP contribution in [0.25, 0.3) is 0 Å². The van der Waals surface area contributed by atoms with Crippen molar-refractivity contribution >= 4 is 21.8 Å². The fourth-order valence-corrected chi connectivity index (χ4v) is 1.92. The van der Waals surface area contributed by atoms with Gasteiger partial charge in [0.25, 0.3) is 5.91 Å². The number of aromatic nitrogens is 2. The lowest BCUT2D eigenvalue weighted by Crippen LogP contribution is -2.27. The predicted molar refractivity (Wildman–Crippen MR) is 78.8 cm³/mol. The molecule has 19 heavy (non-hydrogen) atoms. The van der Waals surface area contributed by atoms with Crippen molar-refractivity contribution in [1.82, 2.24) is 15.1 Å². The average molecular weight is 332 g/mol. The Bertz CT molecular complexity index is 393. The highest BCUT2D eigenvalue weighted by atomic mass is 79.9. The van der Waals surface area contributed by atoms with Crippen LogP contribution in [0, 0.1) is 0 Å². The van der Waals surface area contributed by atoms with E-state index in [2.05, 4.69) is 26.3 Å². The van der Waals surface area contributed by atoms with Crippen LogP contribution in [0.3, 0.4) is 0 Å². The van der Waals surface area contributed by atoms with Crippen molar-refractivity contribution < 1.29 is 9.53 Å². The van der Waals surface area contributed by atoms with E-state index < -0.39 is 0 Å². The number of carbonyl (C=O) groups is 1. The van der Waals surface area contributed by atoms with Gasteiger partial charge in [0, 0.05) is 25.0 Å². The molecule has 1 heterocycles. The fourth-order valence-electron chi connectivity index (χ4n) is 1.69. The first-order chi connectivity index (χ1) is 9.22. The van der Waals surface area contributed by atoms with Crippen LogP contribution in [-0.4, -0.2) is 40.8 Å². The van der Waals surface area contributed by atoms with Gasteiger partial charge in [-0.15, -0.1) is 0 Å². The first-order valence-electron chi connectivity index (χ1n) is 6.71. The Balaban J connectivity index is 2.38. The number of hydrogen-bond donors (Lipinski definition) is 1. The largest absolute Gasteiger partial charge is 0.381 e. The van der Waals surface area contributed by atoms with Gasteiger partial charge in [-0.2, -0.15) is 5.10 Å². The second-order valence-corrected chi connectivity index (χ2v) is 4.89. The quantitative estimate of drug-likeness (QED) is 0.556. The molecule has 1 aromatic heterocycles. The van der Waals surface area contributed by atoms with E-state index in [1.807, 2.05) is 19.9 Å². The van der Waals surface area contributed by atoms with E-state index in [4.69, 9.17) is 4.74 Å². The number of alkyl halides is 1. The molecule has 6 heteroatoms. The Kier molecular flexibility index (Phi) is 7.74. The van der Waals surface area contributed by atoms with E-state index in [0.717, 1.165) is 23.9 Å². The van der Waals surface area contributed by atoms with Gasteiger partial charge in [-0.3, -0.25) is 9.48 Å². The van der Waals surface area contributed by atoms with Crippen LogP contribution in [-0.2, 0) is 17.7 Å². The van der Waals surface area contributed by atoms with Gasteiger partial charge in [0.05, 0.1) is 12.3 Å². The number of nitrogens with zero attached hydrogens (tertiary/aromatic N) is 2. The number of aryl methyl sites for hydroxylation is 2. The van der Waals surface area contributed by atoms with Crippen LogP contribution >= 0.6 is 15.9 Å². The van der Waals surface area contributed by atoms with Gasteiger partial charge in [0.2, 0.25) is 0 Å². The molecule has 0 fully saturated rings. The van der Waals surface area contributed by atoms with Gasteiger partial charge in [0.15, 0.2) is 0 Å². The zero-order valence-corrected chi connectivity index (χ0v) is 13.2. The zero-order valence-electron chi connectivity index (χ0n) is 11.6. The van der Waals surface area contributed by atoms with Crippen LogP contribution in [0.15, 0.2) is 6.07 Å². The summed E-state index contributed by atoms with van der Waals surface area (Å²) in [4.78, 5) is 12.0. The Hall–Kier alpha value is -0.880. The second-order valence-electron chi connectivity index (χ2n) is 4.10. The Morgan fingerprint density at radius 2 is 2.26 bits per heavy atom. The molecule has 0 unspecified atom stereocenters. The van der Waals surface area contributed by atoms with E-state index >= 15 is 0 Å². The van der Waals surface area contributed by atoms with Gasteiger partial charge in [0.1, 0.15) is 5.69 Å². The van der Waals surface area contributed by atoms with Crippen molar-refractivity contribution in [2.75, 3.05) is 25.1 Å². The number of nitrogens with one attached hydrogen (secondary N) is 1. The van der Waals surface area contributed by atoms with Gasteiger partial charge < -0.3 is 10.1 Å². The molecule has 0 aromatic carbocycles. The standard InChI is InChI=1S/C13H22BrN3O2/c1-3-11-10-12(17(4-2)16-11)13(18)15-7-5-8-19-9-6-14/h10H,3-9H2,1-2H3,(H,15,18). The summed E-state index contributed by atoms with van der Waals surface area (Å²) in [5.74, 6) is -0.0606. The molecular formula is C13H22BrN3O2. The molecule has 0 aliphatic heterocycles. The van der Waals surface area contributed by atoms with Crippen molar-refractivity contribution in [2.45, 2.75) is 33.2 Å². The molecule has 0 bridgehead atoms. The highest BCUT2D eigenvalue weighted by Crippen LogP contribution is 2.05. The highest BCUT2D eigenvalue weighted by Gasteiger charge is 2.13. The zero-order chi connectivity index (χ0) is 14.1. The van der Waals surface area contributed by atoms with E-state index in [-0.39, 0.29) is 5.91 Å². The lowest BCUT2D eigenvalue weighted by atomic mass is 10.3. The third-order valence-electron chi connectivity index (χ3n) is 2.70. The van der Waals surface area contributed by atoms with Crippen LogP contribution in [0.2, 0.25) is 0 Å². The summed E-state index contributed by atoms with van der Waals surface area (Å²) >= 11 is 3.29. The minimum absolute atomic E-state index is 0.0606. The molecule has 0 aliphatic carbocycles. The van der Waals surface area contributed by atoms with Crippen LogP contribution in [0.5, 0.6) is 0 Å². The maximum Gasteiger partial charge on any atom is 0.269 e. The number of ether oxygens (including phenoxy) is 1. The predicted octanol–water partition coefficient (Wildman–Crippen LogP) is 2.00. The summed E-state index contributed by atoms with van der Waals surface area (Å²) in [7, 11) is 0. The first kappa shape index (κ1) is 16.2. The van der Waals surface area contributed by atoms with E-state index in [0.29, 0.717) is 32.0 Å². The molecule has 1 N–H and O–H groups in total. The number of halogens is 1. The Labute approximate surface area is 122 Å². The minimum atomic E-state index is -0.0606. The maximum atomic E-state index is 12.0. The average Bonchev–Trinajstić information content (AvgIpc) is 2.86. The molecule has 0 aliphatic rings. The molecule has 1 rings (SSSR count). The molecule has 0 spiro atoms. The third-order valence-corrected chi connectivity index (χ3v) is 3.02. The molecule has 5 nitrogen and oxygen atoms in total. The van der Waals surface area contributed by atoms with E-state index in [1.54, 1.807) is 4.68 Å². The lowest BCUT2D eigenvalue weighted by molar-refractivity contribution is 0.0934. The smallest absolute Gasteiger partial charge is 0.269 e. The van der Waals surface area contributed by atoms with Gasteiger partial charge in [-0.25, -0.2) is 0 Å². The normalized spacial score (nSPS) is 10.7. The second kappa shape index (κ2) is 9.09. The van der Waals surface area contributed by atoms with Crippen molar-refractivity contribution in [2.24, 2.45) is 0 Å². The van der Waals surface area contributed by atoms with Gasteiger partial charge in [-0.05, 0) is 25.8 Å². The van der Waals surface area contributed by atoms with Crippen molar-refractivity contribution in [3.05, 3.63) is 17.5 Å². The van der Waals surface area contributed by atoms with E-state index in [1.165, 1.54) is 0 Å². The Morgan fingerprint density at radius 3 is 2.89 bits per heavy atom. The third kappa shape index (κ3) is 5.32. The summed E-state index contributed by atoms with van der Waals surface area (Å²) in [6.07, 6.45) is 1.66. The first-order valence-corrected chi connectivity index (χ1v) is 7.83. The molecule has 0 saturated carbocycles. The lowest BCUT2D eigenvalue weighted by Gasteiger charge is -2.06. The van der Waals surface area contributed by atoms with Crippen LogP contribution in [0.1, 0.15) is 36.5 Å². The van der Waals surface area contributed by atoms with Gasteiger partial charge >= 0.3 is 0 Å². The molecule has 108 valence electrons. The maximum absolute atomic E-state index is 12.0. The summed E-state index contributed by atoms with van der Waals surface area (Å²) < 4.78 is 7.07. The van der Waals surface area contributed by atoms with Crippen molar-refractivity contribution in [3.63, 3.8) is 0 Å². The molecule has 0 atom stereocenters. The fraction of sp³-hybridized carbons (Fsp3) is 0.692. The number of hydrogen-bond acceptors (Lipinski definition) is 3. The molecule has 1 aromatic rings.